The highest BCUT2D eigenvalue weighted by molar-refractivity contribution is 5.82. The molecule has 0 bridgehead atoms. The van der Waals surface area contributed by atoms with Crippen LogP contribution in [0.25, 0.3) is 11.4 Å². The van der Waals surface area contributed by atoms with Gasteiger partial charge in [0.2, 0.25) is 0 Å². The molecule has 2 aromatic rings. The van der Waals surface area contributed by atoms with Crippen molar-refractivity contribution in [3.05, 3.63) is 23.8 Å². The summed E-state index contributed by atoms with van der Waals surface area (Å²) >= 11 is 0. The minimum atomic E-state index is 0.464. The Kier molecular flexibility index (Phi) is 2.40. The number of tetrazole rings is 1. The number of methoxy groups -OCH3 is 1. The lowest BCUT2D eigenvalue weighted by Crippen LogP contribution is -1.91. The van der Waals surface area contributed by atoms with Crippen LogP contribution in [0.15, 0.2) is 18.2 Å². The van der Waals surface area contributed by atoms with Crippen molar-refractivity contribution >= 4 is 6.29 Å². The Bertz CT molecular complexity index is 467. The molecule has 0 aliphatic rings. The number of aromatic amines is 1. The molecule has 0 atom stereocenters. The number of ether oxygens (including phenoxy) is 1. The van der Waals surface area contributed by atoms with Crippen molar-refractivity contribution in [2.75, 3.05) is 7.11 Å². The first-order valence-corrected chi connectivity index (χ1v) is 4.22. The van der Waals surface area contributed by atoms with Crippen molar-refractivity contribution in [3.63, 3.8) is 0 Å². The van der Waals surface area contributed by atoms with Crippen molar-refractivity contribution in [1.82, 2.24) is 20.6 Å². The van der Waals surface area contributed by atoms with E-state index in [0.29, 0.717) is 17.1 Å². The highest BCUT2D eigenvalue weighted by atomic mass is 16.5. The fraction of sp³-hybridized carbons (Fsp3) is 0.111. The van der Waals surface area contributed by atoms with E-state index in [1.807, 2.05) is 0 Å². The predicted molar refractivity (Wildman–Crippen MR) is 51.6 cm³/mol. The van der Waals surface area contributed by atoms with E-state index in [2.05, 4.69) is 20.6 Å². The molecule has 0 fully saturated rings. The van der Waals surface area contributed by atoms with E-state index in [4.69, 9.17) is 4.74 Å². The average molecular weight is 204 g/mol. The van der Waals surface area contributed by atoms with E-state index in [9.17, 15) is 4.79 Å². The molecule has 0 aliphatic heterocycles. The van der Waals surface area contributed by atoms with Crippen LogP contribution in [0.2, 0.25) is 0 Å². The predicted octanol–water partition coefficient (Wildman–Crippen LogP) is 0.688. The molecule has 2 rings (SSSR count). The summed E-state index contributed by atoms with van der Waals surface area (Å²) in [7, 11) is 1.51. The van der Waals surface area contributed by atoms with Gasteiger partial charge in [-0.15, -0.1) is 5.10 Å². The third-order valence-corrected chi connectivity index (χ3v) is 1.98. The van der Waals surface area contributed by atoms with Gasteiger partial charge in [-0.1, -0.05) is 0 Å². The third kappa shape index (κ3) is 1.69. The van der Waals surface area contributed by atoms with Gasteiger partial charge in [0.15, 0.2) is 12.1 Å². The van der Waals surface area contributed by atoms with Crippen molar-refractivity contribution in [2.45, 2.75) is 0 Å². The first-order chi connectivity index (χ1) is 7.35. The molecule has 6 nitrogen and oxygen atoms in total. The SMILES string of the molecule is COc1ccc(-c2nnn[nH]2)cc1C=O. The lowest BCUT2D eigenvalue weighted by Gasteiger charge is -2.03. The van der Waals surface area contributed by atoms with Gasteiger partial charge in [-0.25, -0.2) is 5.10 Å². The highest BCUT2D eigenvalue weighted by Crippen LogP contribution is 2.22. The van der Waals surface area contributed by atoms with Crippen molar-refractivity contribution < 1.29 is 9.53 Å². The number of H-pyrrole nitrogens is 1. The lowest BCUT2D eigenvalue weighted by atomic mass is 10.1. The van der Waals surface area contributed by atoms with Gasteiger partial charge in [-0.3, -0.25) is 4.79 Å². The first kappa shape index (κ1) is 9.32. The van der Waals surface area contributed by atoms with Crippen molar-refractivity contribution in [3.8, 4) is 17.1 Å². The Morgan fingerprint density at radius 2 is 2.33 bits per heavy atom. The molecule has 0 saturated carbocycles. The molecule has 1 N–H and O–H groups in total. The second kappa shape index (κ2) is 3.87. The molecule has 76 valence electrons. The Morgan fingerprint density at radius 3 is 2.93 bits per heavy atom. The monoisotopic (exact) mass is 204 g/mol. The van der Waals surface area contributed by atoms with Crippen LogP contribution in [0, 0.1) is 0 Å². The van der Waals surface area contributed by atoms with Gasteiger partial charge in [0.1, 0.15) is 5.75 Å². The summed E-state index contributed by atoms with van der Waals surface area (Å²) in [6, 6.07) is 5.13. The number of nitrogens with one attached hydrogen (secondary N) is 1. The normalized spacial score (nSPS) is 9.93. The molecule has 0 aliphatic carbocycles. The summed E-state index contributed by atoms with van der Waals surface area (Å²) in [4.78, 5) is 10.8. The van der Waals surface area contributed by atoms with E-state index < -0.39 is 0 Å². The number of hydrogen-bond acceptors (Lipinski definition) is 5. The van der Waals surface area contributed by atoms with Gasteiger partial charge >= 0.3 is 0 Å². The maximum Gasteiger partial charge on any atom is 0.179 e. The maximum absolute atomic E-state index is 10.8. The zero-order valence-corrected chi connectivity index (χ0v) is 7.97. The van der Waals surface area contributed by atoms with Gasteiger partial charge in [0.25, 0.3) is 0 Å². The molecule has 0 amide bonds. The Hall–Kier alpha value is -2.24. The van der Waals surface area contributed by atoms with Crippen LogP contribution in [0.1, 0.15) is 10.4 Å². The van der Waals surface area contributed by atoms with Crippen LogP contribution >= 0.6 is 0 Å². The zero-order chi connectivity index (χ0) is 10.7. The van der Waals surface area contributed by atoms with Crippen molar-refractivity contribution in [1.29, 1.82) is 0 Å². The number of carbonyl (C=O) groups excluding carboxylic acids is 1. The molecule has 0 radical (unpaired) electrons. The molecule has 0 unspecified atom stereocenters. The molecular formula is C9H8N4O2. The fourth-order valence-electron chi connectivity index (χ4n) is 1.26. The second-order valence-corrected chi connectivity index (χ2v) is 2.82. The zero-order valence-electron chi connectivity index (χ0n) is 7.97. The fourth-order valence-corrected chi connectivity index (χ4v) is 1.26. The number of nitrogens with zero attached hydrogens (tertiary/aromatic N) is 3. The van der Waals surface area contributed by atoms with E-state index >= 15 is 0 Å². The van der Waals surface area contributed by atoms with Crippen LogP contribution in [-0.4, -0.2) is 34.0 Å². The van der Waals surface area contributed by atoms with E-state index in [0.717, 1.165) is 11.8 Å². The maximum atomic E-state index is 10.8. The first-order valence-electron chi connectivity index (χ1n) is 4.22. The van der Waals surface area contributed by atoms with E-state index in [1.165, 1.54) is 7.11 Å². The summed E-state index contributed by atoms with van der Waals surface area (Å²) in [5.74, 6) is 1.04. The summed E-state index contributed by atoms with van der Waals surface area (Å²) < 4.78 is 5.02. The van der Waals surface area contributed by atoms with Gasteiger partial charge in [0, 0.05) is 5.56 Å². The summed E-state index contributed by atoms with van der Waals surface area (Å²) in [5.41, 5.74) is 1.20. The summed E-state index contributed by atoms with van der Waals surface area (Å²) in [5, 5.41) is 13.3. The summed E-state index contributed by atoms with van der Waals surface area (Å²) in [6.07, 6.45) is 0.728. The minimum absolute atomic E-state index is 0.464. The number of aromatic nitrogens is 4. The molecule has 1 aromatic carbocycles. The number of carbonyl (C=O) groups is 1. The molecular weight excluding hydrogens is 196 g/mol. The van der Waals surface area contributed by atoms with Crippen LogP contribution in [0.3, 0.4) is 0 Å². The topological polar surface area (TPSA) is 80.8 Å². The standard InChI is InChI=1S/C9H8N4O2/c1-15-8-3-2-6(4-7(8)5-14)9-10-12-13-11-9/h2-5H,1H3,(H,10,11,12,13). The number of rotatable bonds is 3. The number of hydrogen-bond donors (Lipinski definition) is 1. The molecule has 0 spiro atoms. The summed E-state index contributed by atoms with van der Waals surface area (Å²) in [6.45, 7) is 0. The van der Waals surface area contributed by atoms with Crippen LogP contribution in [-0.2, 0) is 0 Å². The highest BCUT2D eigenvalue weighted by Gasteiger charge is 2.06. The molecule has 1 heterocycles. The largest absolute Gasteiger partial charge is 0.496 e. The average Bonchev–Trinajstić information content (AvgIpc) is 2.81. The molecule has 6 heteroatoms. The third-order valence-electron chi connectivity index (χ3n) is 1.98. The lowest BCUT2D eigenvalue weighted by molar-refractivity contribution is 0.112. The van der Waals surface area contributed by atoms with E-state index in [1.54, 1.807) is 18.2 Å². The van der Waals surface area contributed by atoms with Crippen LogP contribution < -0.4 is 4.74 Å². The van der Waals surface area contributed by atoms with Crippen LogP contribution in [0.4, 0.5) is 0 Å². The van der Waals surface area contributed by atoms with Gasteiger partial charge in [-0.05, 0) is 28.6 Å². The molecule has 15 heavy (non-hydrogen) atoms. The van der Waals surface area contributed by atoms with Gasteiger partial charge < -0.3 is 4.74 Å². The smallest absolute Gasteiger partial charge is 0.179 e. The molecule has 1 aromatic heterocycles. The van der Waals surface area contributed by atoms with Crippen LogP contribution in [0.5, 0.6) is 5.75 Å². The van der Waals surface area contributed by atoms with Gasteiger partial charge in [-0.2, -0.15) is 0 Å². The van der Waals surface area contributed by atoms with E-state index in [-0.39, 0.29) is 0 Å². The van der Waals surface area contributed by atoms with Gasteiger partial charge in [0.05, 0.1) is 12.7 Å². The number of aldehydes is 1. The molecule has 0 saturated heterocycles. The Morgan fingerprint density at radius 1 is 1.47 bits per heavy atom. The van der Waals surface area contributed by atoms with Crippen molar-refractivity contribution in [2.24, 2.45) is 0 Å². The second-order valence-electron chi connectivity index (χ2n) is 2.82. The quantitative estimate of drug-likeness (QED) is 0.744. The minimum Gasteiger partial charge on any atom is -0.496 e. The Balaban J connectivity index is 2.48. The number of benzene rings is 1. The Labute approximate surface area is 85.3 Å².